The van der Waals surface area contributed by atoms with Crippen LogP contribution in [0, 0.1) is 6.92 Å². The van der Waals surface area contributed by atoms with Gasteiger partial charge in [-0.15, -0.1) is 0 Å². The SMILES string of the molecule is COc1ccc(C)cc1C(C)NC(=O)CCC(=O)c1ccc2c(c1)OCCO2. The molecule has 0 aliphatic carbocycles. The molecule has 1 aliphatic rings. The van der Waals surface area contributed by atoms with Gasteiger partial charge in [-0.25, -0.2) is 0 Å². The lowest BCUT2D eigenvalue weighted by Gasteiger charge is -2.19. The van der Waals surface area contributed by atoms with Crippen LogP contribution in [0.1, 0.15) is 47.3 Å². The Labute approximate surface area is 164 Å². The average Bonchev–Trinajstić information content (AvgIpc) is 2.71. The maximum atomic E-state index is 12.4. The second kappa shape index (κ2) is 8.78. The first-order chi connectivity index (χ1) is 13.5. The van der Waals surface area contributed by atoms with Crippen molar-refractivity contribution in [2.45, 2.75) is 32.7 Å². The maximum Gasteiger partial charge on any atom is 0.220 e. The van der Waals surface area contributed by atoms with Crippen LogP contribution in [-0.4, -0.2) is 32.0 Å². The van der Waals surface area contributed by atoms with Crippen LogP contribution in [0.2, 0.25) is 0 Å². The number of aryl methyl sites for hydroxylation is 1. The summed E-state index contributed by atoms with van der Waals surface area (Å²) in [5.41, 5.74) is 2.52. The highest BCUT2D eigenvalue weighted by Gasteiger charge is 2.18. The topological polar surface area (TPSA) is 73.9 Å². The summed E-state index contributed by atoms with van der Waals surface area (Å²) in [6, 6.07) is 10.7. The van der Waals surface area contributed by atoms with Crippen LogP contribution < -0.4 is 19.5 Å². The van der Waals surface area contributed by atoms with Crippen molar-refractivity contribution in [1.29, 1.82) is 0 Å². The minimum absolute atomic E-state index is 0.104. The van der Waals surface area contributed by atoms with Crippen LogP contribution in [0.3, 0.4) is 0 Å². The number of hydrogen-bond acceptors (Lipinski definition) is 5. The molecule has 28 heavy (non-hydrogen) atoms. The Morgan fingerprint density at radius 3 is 2.57 bits per heavy atom. The second-order valence-corrected chi connectivity index (χ2v) is 6.82. The van der Waals surface area contributed by atoms with E-state index < -0.39 is 0 Å². The molecule has 0 saturated heterocycles. The largest absolute Gasteiger partial charge is 0.496 e. The van der Waals surface area contributed by atoms with Gasteiger partial charge in [-0.3, -0.25) is 9.59 Å². The number of ketones is 1. The van der Waals surface area contributed by atoms with E-state index >= 15 is 0 Å². The Hall–Kier alpha value is -3.02. The summed E-state index contributed by atoms with van der Waals surface area (Å²) in [6.45, 7) is 4.86. The Morgan fingerprint density at radius 2 is 1.82 bits per heavy atom. The standard InChI is InChI=1S/C22H25NO5/c1-14-4-7-19(26-3)17(12-14)15(2)23-22(25)9-6-18(24)16-5-8-20-21(13-16)28-11-10-27-20/h4-5,7-8,12-13,15H,6,9-11H2,1-3H3,(H,23,25). The highest BCUT2D eigenvalue weighted by Crippen LogP contribution is 2.31. The highest BCUT2D eigenvalue weighted by atomic mass is 16.6. The fourth-order valence-corrected chi connectivity index (χ4v) is 3.17. The molecule has 0 aromatic heterocycles. The van der Waals surface area contributed by atoms with E-state index in [1.54, 1.807) is 25.3 Å². The number of benzene rings is 2. The van der Waals surface area contributed by atoms with Crippen molar-refractivity contribution in [1.82, 2.24) is 5.32 Å². The van der Waals surface area contributed by atoms with Gasteiger partial charge in [-0.2, -0.15) is 0 Å². The molecule has 3 rings (SSSR count). The molecule has 1 N–H and O–H groups in total. The molecule has 0 spiro atoms. The first kappa shape index (κ1) is 19.7. The Morgan fingerprint density at radius 1 is 1.07 bits per heavy atom. The summed E-state index contributed by atoms with van der Waals surface area (Å²) in [7, 11) is 1.61. The number of nitrogens with one attached hydrogen (secondary N) is 1. The first-order valence-corrected chi connectivity index (χ1v) is 9.34. The van der Waals surface area contributed by atoms with E-state index in [9.17, 15) is 9.59 Å². The lowest BCUT2D eigenvalue weighted by atomic mass is 10.0. The van der Waals surface area contributed by atoms with E-state index in [0.717, 1.165) is 16.9 Å². The smallest absolute Gasteiger partial charge is 0.220 e. The number of ether oxygens (including phenoxy) is 3. The molecule has 0 saturated carbocycles. The maximum absolute atomic E-state index is 12.4. The lowest BCUT2D eigenvalue weighted by Crippen LogP contribution is -2.27. The molecule has 1 atom stereocenters. The van der Waals surface area contributed by atoms with Gasteiger partial charge in [0.15, 0.2) is 17.3 Å². The monoisotopic (exact) mass is 383 g/mol. The predicted molar refractivity (Wildman–Crippen MR) is 105 cm³/mol. The molecule has 148 valence electrons. The van der Waals surface area contributed by atoms with Crippen LogP contribution in [0.25, 0.3) is 0 Å². The van der Waals surface area contributed by atoms with Crippen molar-refractivity contribution in [2.75, 3.05) is 20.3 Å². The number of Topliss-reactive ketones (excluding diaryl/α,β-unsaturated/α-hetero) is 1. The van der Waals surface area contributed by atoms with Crippen LogP contribution in [0.5, 0.6) is 17.2 Å². The molecule has 2 aromatic carbocycles. The van der Waals surface area contributed by atoms with Gasteiger partial charge in [-0.1, -0.05) is 17.7 Å². The molecule has 1 unspecified atom stereocenters. The van der Waals surface area contributed by atoms with E-state index in [-0.39, 0.29) is 30.6 Å². The number of hydrogen-bond donors (Lipinski definition) is 1. The minimum atomic E-state index is -0.216. The average molecular weight is 383 g/mol. The Bertz CT molecular complexity index is 877. The summed E-state index contributed by atoms with van der Waals surface area (Å²) < 4.78 is 16.3. The zero-order valence-electron chi connectivity index (χ0n) is 16.4. The summed E-state index contributed by atoms with van der Waals surface area (Å²) in [5, 5.41) is 2.94. The van der Waals surface area contributed by atoms with Gasteiger partial charge >= 0.3 is 0 Å². The second-order valence-electron chi connectivity index (χ2n) is 6.82. The van der Waals surface area contributed by atoms with E-state index in [1.165, 1.54) is 0 Å². The summed E-state index contributed by atoms with van der Waals surface area (Å²) in [4.78, 5) is 24.8. The van der Waals surface area contributed by atoms with E-state index in [2.05, 4.69) is 5.32 Å². The normalized spacial score (nSPS) is 13.5. The molecule has 6 heteroatoms. The van der Waals surface area contributed by atoms with Crippen molar-refractivity contribution in [2.24, 2.45) is 0 Å². The van der Waals surface area contributed by atoms with Crippen molar-refractivity contribution in [3.63, 3.8) is 0 Å². The molecule has 2 aromatic rings. The lowest BCUT2D eigenvalue weighted by molar-refractivity contribution is -0.121. The zero-order valence-corrected chi connectivity index (χ0v) is 16.4. The minimum Gasteiger partial charge on any atom is -0.496 e. The summed E-state index contributed by atoms with van der Waals surface area (Å²) in [6.07, 6.45) is 0.245. The number of amides is 1. The van der Waals surface area contributed by atoms with E-state index in [1.807, 2.05) is 32.0 Å². The first-order valence-electron chi connectivity index (χ1n) is 9.34. The Kier molecular flexibility index (Phi) is 6.19. The van der Waals surface area contributed by atoms with Gasteiger partial charge in [0.05, 0.1) is 13.2 Å². The van der Waals surface area contributed by atoms with Gasteiger partial charge in [0.1, 0.15) is 19.0 Å². The van der Waals surface area contributed by atoms with Crippen molar-refractivity contribution >= 4 is 11.7 Å². The summed E-state index contributed by atoms with van der Waals surface area (Å²) in [5.74, 6) is 1.66. The molecular weight excluding hydrogens is 358 g/mol. The van der Waals surface area contributed by atoms with Crippen LogP contribution in [0.15, 0.2) is 36.4 Å². The van der Waals surface area contributed by atoms with Gasteiger partial charge in [0.25, 0.3) is 0 Å². The van der Waals surface area contributed by atoms with E-state index in [4.69, 9.17) is 14.2 Å². The summed E-state index contributed by atoms with van der Waals surface area (Å²) >= 11 is 0. The third-order valence-corrected chi connectivity index (χ3v) is 4.67. The molecule has 6 nitrogen and oxygen atoms in total. The van der Waals surface area contributed by atoms with Gasteiger partial charge in [0.2, 0.25) is 5.91 Å². The molecule has 1 aliphatic heterocycles. The fraction of sp³-hybridized carbons (Fsp3) is 0.364. The van der Waals surface area contributed by atoms with Gasteiger partial charge < -0.3 is 19.5 Å². The molecule has 0 bridgehead atoms. The fourth-order valence-electron chi connectivity index (χ4n) is 3.17. The van der Waals surface area contributed by atoms with Crippen molar-refractivity contribution < 1.29 is 23.8 Å². The number of carbonyl (C=O) groups is 2. The number of methoxy groups -OCH3 is 1. The van der Waals surface area contributed by atoms with Crippen LogP contribution in [-0.2, 0) is 4.79 Å². The third kappa shape index (κ3) is 4.63. The van der Waals surface area contributed by atoms with Gasteiger partial charge in [0, 0.05) is 24.0 Å². The quantitative estimate of drug-likeness (QED) is 0.740. The number of carbonyl (C=O) groups excluding carboxylic acids is 2. The number of fused-ring (bicyclic) bond motifs is 1. The third-order valence-electron chi connectivity index (χ3n) is 4.67. The predicted octanol–water partition coefficient (Wildman–Crippen LogP) is 3.62. The van der Waals surface area contributed by atoms with Crippen molar-refractivity contribution in [3.05, 3.63) is 53.1 Å². The highest BCUT2D eigenvalue weighted by molar-refractivity contribution is 5.98. The molecular formula is C22H25NO5. The zero-order chi connectivity index (χ0) is 20.1. The molecule has 0 radical (unpaired) electrons. The van der Waals surface area contributed by atoms with Crippen LogP contribution in [0.4, 0.5) is 0 Å². The Balaban J connectivity index is 1.57. The van der Waals surface area contributed by atoms with E-state index in [0.29, 0.717) is 30.3 Å². The van der Waals surface area contributed by atoms with Gasteiger partial charge in [-0.05, 0) is 38.1 Å². The molecule has 1 amide bonds. The molecule has 1 heterocycles. The van der Waals surface area contributed by atoms with Crippen LogP contribution >= 0.6 is 0 Å². The molecule has 0 fully saturated rings. The van der Waals surface area contributed by atoms with Crippen molar-refractivity contribution in [3.8, 4) is 17.2 Å². The number of rotatable bonds is 7.